The van der Waals surface area contributed by atoms with Crippen LogP contribution in [0.3, 0.4) is 0 Å². The van der Waals surface area contributed by atoms with Crippen LogP contribution in [0.5, 0.6) is 0 Å². The second-order valence-electron chi connectivity index (χ2n) is 3.14. The Labute approximate surface area is 69.0 Å². The van der Waals surface area contributed by atoms with E-state index in [0.717, 1.165) is 11.7 Å². The van der Waals surface area contributed by atoms with E-state index in [-0.39, 0.29) is 0 Å². The fraction of sp³-hybridized carbons (Fsp3) is 1.00. The first-order valence-corrected chi connectivity index (χ1v) is 4.84. The van der Waals surface area contributed by atoms with Crippen molar-refractivity contribution in [2.75, 3.05) is 12.3 Å². The molecule has 0 aliphatic carbocycles. The second-order valence-corrected chi connectivity index (χ2v) is 3.50. The van der Waals surface area contributed by atoms with E-state index in [0.29, 0.717) is 6.04 Å². The molecule has 1 N–H and O–H groups in total. The van der Waals surface area contributed by atoms with Crippen LogP contribution < -0.4 is 5.32 Å². The number of thiol groups is 1. The van der Waals surface area contributed by atoms with Gasteiger partial charge in [-0.2, -0.15) is 12.6 Å². The predicted molar refractivity (Wildman–Crippen MR) is 48.7 cm³/mol. The van der Waals surface area contributed by atoms with E-state index in [2.05, 4.69) is 24.9 Å². The van der Waals surface area contributed by atoms with Gasteiger partial charge in [0.05, 0.1) is 0 Å². The lowest BCUT2D eigenvalue weighted by molar-refractivity contribution is 0.320. The monoisotopic (exact) mass is 159 g/mol. The first-order chi connectivity index (χ1) is 4.86. The van der Waals surface area contributed by atoms with E-state index >= 15 is 0 Å². The highest BCUT2D eigenvalue weighted by atomic mass is 32.1. The molecule has 0 bridgehead atoms. The zero-order valence-corrected chi connectivity index (χ0v) is 7.53. The minimum atomic E-state index is 0.686. The molecule has 0 saturated carbocycles. The molecule has 1 aliphatic heterocycles. The van der Waals surface area contributed by atoms with Gasteiger partial charge >= 0.3 is 0 Å². The van der Waals surface area contributed by atoms with Crippen LogP contribution in [0.1, 0.15) is 26.2 Å². The molecule has 60 valence electrons. The Bertz CT molecular complexity index is 75.3. The van der Waals surface area contributed by atoms with Crippen molar-refractivity contribution < 1.29 is 0 Å². The van der Waals surface area contributed by atoms with Gasteiger partial charge in [0.2, 0.25) is 0 Å². The Morgan fingerprint density at radius 2 is 2.30 bits per heavy atom. The SMILES string of the molecule is CCC1CCC(CS)NC1. The fourth-order valence-electron chi connectivity index (χ4n) is 1.48. The molecule has 2 heteroatoms. The minimum absolute atomic E-state index is 0.686. The maximum Gasteiger partial charge on any atom is 0.0155 e. The van der Waals surface area contributed by atoms with Crippen molar-refractivity contribution in [2.24, 2.45) is 5.92 Å². The number of hydrogen-bond acceptors (Lipinski definition) is 2. The van der Waals surface area contributed by atoms with E-state index in [9.17, 15) is 0 Å². The van der Waals surface area contributed by atoms with Crippen molar-refractivity contribution in [3.05, 3.63) is 0 Å². The third kappa shape index (κ3) is 2.17. The lowest BCUT2D eigenvalue weighted by atomic mass is 9.93. The maximum absolute atomic E-state index is 4.26. The zero-order chi connectivity index (χ0) is 7.40. The largest absolute Gasteiger partial charge is 0.313 e. The quantitative estimate of drug-likeness (QED) is 0.584. The van der Waals surface area contributed by atoms with Crippen molar-refractivity contribution in [1.29, 1.82) is 0 Å². The molecule has 1 nitrogen and oxygen atoms in total. The number of rotatable bonds is 2. The summed E-state index contributed by atoms with van der Waals surface area (Å²) in [5, 5.41) is 3.49. The predicted octanol–water partition coefficient (Wildman–Crippen LogP) is 1.69. The van der Waals surface area contributed by atoms with Gasteiger partial charge in [-0.1, -0.05) is 13.3 Å². The molecule has 1 heterocycles. The highest BCUT2D eigenvalue weighted by Gasteiger charge is 2.17. The highest BCUT2D eigenvalue weighted by Crippen LogP contribution is 2.17. The van der Waals surface area contributed by atoms with Crippen molar-refractivity contribution >= 4 is 12.6 Å². The maximum atomic E-state index is 4.26. The van der Waals surface area contributed by atoms with E-state index in [1.807, 2.05) is 0 Å². The molecule has 1 rings (SSSR count). The molecule has 10 heavy (non-hydrogen) atoms. The molecular formula is C8H17NS. The third-order valence-electron chi connectivity index (χ3n) is 2.42. The van der Waals surface area contributed by atoms with Crippen LogP contribution in [0, 0.1) is 5.92 Å². The van der Waals surface area contributed by atoms with Crippen molar-refractivity contribution in [3.63, 3.8) is 0 Å². The molecular weight excluding hydrogens is 142 g/mol. The van der Waals surface area contributed by atoms with Gasteiger partial charge < -0.3 is 5.32 Å². The van der Waals surface area contributed by atoms with Gasteiger partial charge in [-0.3, -0.25) is 0 Å². The topological polar surface area (TPSA) is 12.0 Å². The van der Waals surface area contributed by atoms with Crippen LogP contribution in [0.2, 0.25) is 0 Å². The molecule has 0 aromatic rings. The molecule has 1 aliphatic rings. The summed E-state index contributed by atoms with van der Waals surface area (Å²) in [7, 11) is 0. The molecule has 1 fully saturated rings. The zero-order valence-electron chi connectivity index (χ0n) is 6.64. The Morgan fingerprint density at radius 3 is 2.70 bits per heavy atom. The average molecular weight is 159 g/mol. The van der Waals surface area contributed by atoms with Crippen LogP contribution in [0.4, 0.5) is 0 Å². The first kappa shape index (κ1) is 8.41. The second kappa shape index (κ2) is 4.24. The summed E-state index contributed by atoms with van der Waals surface area (Å²) in [6, 6.07) is 0.686. The van der Waals surface area contributed by atoms with Crippen LogP contribution in [-0.4, -0.2) is 18.3 Å². The molecule has 1 saturated heterocycles. The Kier molecular flexibility index (Phi) is 3.57. The molecule has 0 radical (unpaired) electrons. The van der Waals surface area contributed by atoms with Crippen molar-refractivity contribution in [2.45, 2.75) is 32.2 Å². The molecule has 0 spiro atoms. The molecule has 0 aromatic carbocycles. The van der Waals surface area contributed by atoms with Gasteiger partial charge in [-0.25, -0.2) is 0 Å². The summed E-state index contributed by atoms with van der Waals surface area (Å²) in [5.41, 5.74) is 0. The van der Waals surface area contributed by atoms with Gasteiger partial charge in [-0.15, -0.1) is 0 Å². The Balaban J connectivity index is 2.17. The molecule has 2 atom stereocenters. The number of nitrogens with one attached hydrogen (secondary N) is 1. The smallest absolute Gasteiger partial charge is 0.0155 e. The summed E-state index contributed by atoms with van der Waals surface area (Å²) < 4.78 is 0. The molecule has 2 unspecified atom stereocenters. The Morgan fingerprint density at radius 1 is 1.50 bits per heavy atom. The standard InChI is InChI=1S/C8H17NS/c1-2-7-3-4-8(6-10)9-5-7/h7-10H,2-6H2,1H3. The number of hydrogen-bond donors (Lipinski definition) is 2. The summed E-state index contributed by atoms with van der Waals surface area (Å²) in [6.45, 7) is 3.48. The molecule has 0 amide bonds. The summed E-state index contributed by atoms with van der Waals surface area (Å²) in [5.74, 6) is 1.92. The van der Waals surface area contributed by atoms with Gasteiger partial charge in [0, 0.05) is 11.8 Å². The first-order valence-electron chi connectivity index (χ1n) is 4.21. The van der Waals surface area contributed by atoms with Crippen LogP contribution >= 0.6 is 12.6 Å². The van der Waals surface area contributed by atoms with Crippen LogP contribution in [0.15, 0.2) is 0 Å². The van der Waals surface area contributed by atoms with E-state index in [1.54, 1.807) is 0 Å². The van der Waals surface area contributed by atoms with Gasteiger partial charge in [0.25, 0.3) is 0 Å². The lowest BCUT2D eigenvalue weighted by Crippen LogP contribution is -2.39. The third-order valence-corrected chi connectivity index (χ3v) is 2.86. The van der Waals surface area contributed by atoms with Gasteiger partial charge in [0.15, 0.2) is 0 Å². The van der Waals surface area contributed by atoms with E-state index in [4.69, 9.17) is 0 Å². The lowest BCUT2D eigenvalue weighted by Gasteiger charge is -2.28. The minimum Gasteiger partial charge on any atom is -0.313 e. The van der Waals surface area contributed by atoms with Crippen LogP contribution in [0.25, 0.3) is 0 Å². The normalized spacial score (nSPS) is 34.2. The van der Waals surface area contributed by atoms with Crippen molar-refractivity contribution in [3.8, 4) is 0 Å². The highest BCUT2D eigenvalue weighted by molar-refractivity contribution is 7.80. The summed E-state index contributed by atoms with van der Waals surface area (Å²) in [4.78, 5) is 0. The summed E-state index contributed by atoms with van der Waals surface area (Å²) >= 11 is 4.26. The average Bonchev–Trinajstić information content (AvgIpc) is 2.05. The van der Waals surface area contributed by atoms with Crippen LogP contribution in [-0.2, 0) is 0 Å². The number of piperidine rings is 1. The van der Waals surface area contributed by atoms with Gasteiger partial charge in [-0.05, 0) is 25.3 Å². The molecule has 0 aromatic heterocycles. The van der Waals surface area contributed by atoms with Crippen molar-refractivity contribution in [1.82, 2.24) is 5.32 Å². The fourth-order valence-corrected chi connectivity index (χ4v) is 1.79. The Hall–Kier alpha value is 0.310. The van der Waals surface area contributed by atoms with Gasteiger partial charge in [0.1, 0.15) is 0 Å². The summed E-state index contributed by atoms with van der Waals surface area (Å²) in [6.07, 6.45) is 4.04. The van der Waals surface area contributed by atoms with E-state index < -0.39 is 0 Å². The van der Waals surface area contributed by atoms with E-state index in [1.165, 1.54) is 25.8 Å².